The van der Waals surface area contributed by atoms with Gasteiger partial charge < -0.3 is 9.84 Å². The standard InChI is InChI=1S/C22H20N2O3/c25-19-7-10-22-18(8-12-27-22)21(26)9-1-4-16-15(14-3-2-11-23-13-14)5-6-17(20(16)21)24(19)22/h2-3,5-6,8,11-13,18,26H,1,4,7,9-10H2/t18-,21-,22-/m0/s1. The molecule has 5 nitrogen and oxygen atoms in total. The first-order valence-corrected chi connectivity index (χ1v) is 9.62. The predicted octanol–water partition coefficient (Wildman–Crippen LogP) is 3.27. The number of nitrogens with zero attached hydrogens (tertiary/aromatic N) is 2. The Kier molecular flexibility index (Phi) is 2.84. The van der Waals surface area contributed by atoms with Crippen LogP contribution in [0.15, 0.2) is 49.0 Å². The molecule has 1 aromatic carbocycles. The van der Waals surface area contributed by atoms with Crippen LogP contribution in [0.2, 0.25) is 0 Å². The van der Waals surface area contributed by atoms with E-state index < -0.39 is 11.3 Å². The number of hydrogen-bond acceptors (Lipinski definition) is 4. The van der Waals surface area contributed by atoms with Gasteiger partial charge in [-0.1, -0.05) is 12.1 Å². The number of hydrogen-bond donors (Lipinski definition) is 1. The van der Waals surface area contributed by atoms with E-state index in [-0.39, 0.29) is 11.8 Å². The first-order chi connectivity index (χ1) is 13.2. The first-order valence-electron chi connectivity index (χ1n) is 9.62. The van der Waals surface area contributed by atoms with Crippen LogP contribution in [-0.2, 0) is 21.6 Å². The summed E-state index contributed by atoms with van der Waals surface area (Å²) in [5.74, 6) is -0.153. The van der Waals surface area contributed by atoms with Gasteiger partial charge in [-0.25, -0.2) is 0 Å². The molecule has 1 N–H and O–H groups in total. The van der Waals surface area contributed by atoms with Crippen molar-refractivity contribution >= 4 is 11.6 Å². The maximum absolute atomic E-state index is 12.8. The van der Waals surface area contributed by atoms with Crippen LogP contribution in [0.5, 0.6) is 0 Å². The second kappa shape index (κ2) is 4.98. The number of amides is 1. The van der Waals surface area contributed by atoms with E-state index in [0.29, 0.717) is 19.3 Å². The SMILES string of the molecule is O=C1CC[C@]23OC=C[C@H]2[C@@]2(O)CCCc4c(-c5cccnc5)ccc(c42)N13. The molecule has 5 heteroatoms. The fraction of sp³-hybridized carbons (Fsp3) is 0.364. The number of carbonyl (C=O) groups is 1. The lowest BCUT2D eigenvalue weighted by Crippen LogP contribution is -2.61. The average molecular weight is 360 g/mol. The van der Waals surface area contributed by atoms with Crippen molar-refractivity contribution in [2.45, 2.75) is 43.4 Å². The molecule has 4 aliphatic rings. The maximum atomic E-state index is 12.8. The van der Waals surface area contributed by atoms with Gasteiger partial charge in [-0.3, -0.25) is 14.7 Å². The van der Waals surface area contributed by atoms with Gasteiger partial charge in [0.1, 0.15) is 5.60 Å². The van der Waals surface area contributed by atoms with E-state index >= 15 is 0 Å². The highest BCUT2D eigenvalue weighted by Gasteiger charge is 2.66. The Hall–Kier alpha value is -2.66. The van der Waals surface area contributed by atoms with Gasteiger partial charge in [-0.15, -0.1) is 0 Å². The quantitative estimate of drug-likeness (QED) is 0.848. The summed E-state index contributed by atoms with van der Waals surface area (Å²) in [6, 6.07) is 8.03. The maximum Gasteiger partial charge on any atom is 0.230 e. The molecule has 1 spiro atoms. The molecule has 3 aliphatic heterocycles. The molecule has 0 saturated carbocycles. The number of pyridine rings is 1. The van der Waals surface area contributed by atoms with Crippen molar-refractivity contribution < 1.29 is 14.6 Å². The highest BCUT2D eigenvalue weighted by molar-refractivity contribution is 6.00. The highest BCUT2D eigenvalue weighted by Crippen LogP contribution is 2.61. The lowest BCUT2D eigenvalue weighted by molar-refractivity contribution is -0.126. The van der Waals surface area contributed by atoms with Crippen molar-refractivity contribution in [3.05, 3.63) is 60.1 Å². The van der Waals surface area contributed by atoms with E-state index in [1.807, 2.05) is 35.4 Å². The molecule has 136 valence electrons. The van der Waals surface area contributed by atoms with Crippen molar-refractivity contribution in [2.75, 3.05) is 4.90 Å². The van der Waals surface area contributed by atoms with Gasteiger partial charge in [0, 0.05) is 36.4 Å². The molecule has 0 bridgehead atoms. The van der Waals surface area contributed by atoms with E-state index in [4.69, 9.17) is 4.74 Å². The van der Waals surface area contributed by atoms with Crippen LogP contribution in [0.25, 0.3) is 11.1 Å². The summed E-state index contributed by atoms with van der Waals surface area (Å²) in [4.78, 5) is 18.9. The minimum atomic E-state index is -1.00. The molecule has 1 amide bonds. The number of rotatable bonds is 1. The van der Waals surface area contributed by atoms with Gasteiger partial charge in [0.05, 0.1) is 17.9 Å². The van der Waals surface area contributed by atoms with Crippen molar-refractivity contribution in [2.24, 2.45) is 5.92 Å². The third-order valence-electron chi connectivity index (χ3n) is 6.79. The largest absolute Gasteiger partial charge is 0.475 e. The fourth-order valence-electron chi connectivity index (χ4n) is 5.78. The highest BCUT2D eigenvalue weighted by atomic mass is 16.5. The topological polar surface area (TPSA) is 62.7 Å². The van der Waals surface area contributed by atoms with E-state index in [1.165, 1.54) is 0 Å². The monoisotopic (exact) mass is 360 g/mol. The summed E-state index contributed by atoms with van der Waals surface area (Å²) < 4.78 is 6.03. The summed E-state index contributed by atoms with van der Waals surface area (Å²) in [6.07, 6.45) is 10.8. The van der Waals surface area contributed by atoms with Crippen LogP contribution in [0, 0.1) is 5.92 Å². The predicted molar refractivity (Wildman–Crippen MR) is 99.7 cm³/mol. The van der Waals surface area contributed by atoms with Crippen molar-refractivity contribution in [1.29, 1.82) is 0 Å². The third kappa shape index (κ3) is 1.73. The Balaban J connectivity index is 1.67. The molecular weight excluding hydrogens is 340 g/mol. The Bertz CT molecular complexity index is 1000. The molecular formula is C22H20N2O3. The van der Waals surface area contributed by atoms with Gasteiger partial charge in [0.25, 0.3) is 0 Å². The number of benzene rings is 1. The van der Waals surface area contributed by atoms with Gasteiger partial charge >= 0.3 is 0 Å². The van der Waals surface area contributed by atoms with Crippen molar-refractivity contribution in [3.8, 4) is 11.1 Å². The van der Waals surface area contributed by atoms with Crippen LogP contribution in [-0.4, -0.2) is 21.7 Å². The molecule has 1 saturated heterocycles. The van der Waals surface area contributed by atoms with E-state index in [2.05, 4.69) is 11.1 Å². The molecule has 0 radical (unpaired) electrons. The normalized spacial score (nSPS) is 32.7. The molecule has 1 fully saturated rings. The van der Waals surface area contributed by atoms with Crippen molar-refractivity contribution in [1.82, 2.24) is 4.98 Å². The van der Waals surface area contributed by atoms with Crippen LogP contribution in [0.1, 0.15) is 36.8 Å². The number of fused-ring (bicyclic) bond motifs is 2. The number of ether oxygens (including phenoxy) is 1. The third-order valence-corrected chi connectivity index (χ3v) is 6.79. The average Bonchev–Trinajstić information content (AvgIpc) is 3.27. The molecule has 1 aromatic heterocycles. The Morgan fingerprint density at radius 3 is 3.00 bits per heavy atom. The van der Waals surface area contributed by atoms with Crippen LogP contribution in [0.4, 0.5) is 5.69 Å². The minimum Gasteiger partial charge on any atom is -0.475 e. The minimum absolute atomic E-state index is 0.0765. The summed E-state index contributed by atoms with van der Waals surface area (Å²) in [7, 11) is 0. The summed E-state index contributed by atoms with van der Waals surface area (Å²) in [6.45, 7) is 0. The molecule has 0 unspecified atom stereocenters. The van der Waals surface area contributed by atoms with Gasteiger partial charge in [-0.05, 0) is 48.6 Å². The lowest BCUT2D eigenvalue weighted by Gasteiger charge is -2.53. The Morgan fingerprint density at radius 1 is 1.22 bits per heavy atom. The second-order valence-corrected chi connectivity index (χ2v) is 8.00. The molecule has 2 aromatic rings. The lowest BCUT2D eigenvalue weighted by atomic mass is 9.64. The molecule has 27 heavy (non-hydrogen) atoms. The van der Waals surface area contributed by atoms with Crippen molar-refractivity contribution in [3.63, 3.8) is 0 Å². The van der Waals surface area contributed by atoms with Crippen LogP contribution < -0.4 is 4.90 Å². The molecule has 1 aliphatic carbocycles. The molecule has 4 heterocycles. The van der Waals surface area contributed by atoms with E-state index in [0.717, 1.165) is 40.8 Å². The zero-order valence-electron chi connectivity index (χ0n) is 14.9. The zero-order chi connectivity index (χ0) is 18.2. The van der Waals surface area contributed by atoms with Gasteiger partial charge in [0.15, 0.2) is 5.72 Å². The summed E-state index contributed by atoms with van der Waals surface area (Å²) in [5, 5.41) is 11.9. The Morgan fingerprint density at radius 2 is 2.15 bits per heavy atom. The smallest absolute Gasteiger partial charge is 0.230 e. The van der Waals surface area contributed by atoms with Crippen LogP contribution >= 0.6 is 0 Å². The number of aromatic nitrogens is 1. The van der Waals surface area contributed by atoms with Crippen LogP contribution in [0.3, 0.4) is 0 Å². The number of carbonyl (C=O) groups excluding carboxylic acids is 1. The number of aliphatic hydroxyl groups is 1. The first kappa shape index (κ1) is 15.4. The van der Waals surface area contributed by atoms with Gasteiger partial charge in [-0.2, -0.15) is 0 Å². The Labute approximate surface area is 157 Å². The molecule has 3 atom stereocenters. The number of anilines is 1. The van der Waals surface area contributed by atoms with E-state index in [9.17, 15) is 9.90 Å². The molecule has 6 rings (SSSR count). The second-order valence-electron chi connectivity index (χ2n) is 8.00. The summed E-state index contributed by atoms with van der Waals surface area (Å²) in [5.41, 5.74) is 3.26. The zero-order valence-corrected chi connectivity index (χ0v) is 14.9. The summed E-state index contributed by atoms with van der Waals surface area (Å²) >= 11 is 0. The van der Waals surface area contributed by atoms with Gasteiger partial charge in [0.2, 0.25) is 5.91 Å². The fourth-order valence-corrected chi connectivity index (χ4v) is 5.78. The van der Waals surface area contributed by atoms with E-state index in [1.54, 1.807) is 12.5 Å².